The number of carbonyl (C=O) groups is 1. The maximum Gasteiger partial charge on any atom is 0.317 e. The summed E-state index contributed by atoms with van der Waals surface area (Å²) < 4.78 is 0. The molecule has 1 saturated heterocycles. The molecule has 0 aromatic rings. The Morgan fingerprint density at radius 2 is 1.94 bits per heavy atom. The van der Waals surface area contributed by atoms with Crippen LogP contribution in [0.5, 0.6) is 0 Å². The molecule has 0 bridgehead atoms. The Morgan fingerprint density at radius 3 is 2.44 bits per heavy atom. The molecule has 1 aliphatic heterocycles. The molecule has 1 N–H and O–H groups in total. The molecule has 1 atom stereocenters. The zero-order valence-electron chi connectivity index (χ0n) is 12.2. The van der Waals surface area contributed by atoms with Crippen LogP contribution in [0.25, 0.3) is 0 Å². The molecule has 1 rings (SSSR count). The van der Waals surface area contributed by atoms with E-state index in [0.717, 1.165) is 25.9 Å². The maximum absolute atomic E-state index is 11.0. The molecule has 106 valence electrons. The fraction of sp³-hybridized carbons (Fsp3) is 0.929. The lowest BCUT2D eigenvalue weighted by atomic mass is 10.1. The Bertz CT molecular complexity index is 267. The molecule has 1 heterocycles. The van der Waals surface area contributed by atoms with Gasteiger partial charge >= 0.3 is 5.97 Å². The van der Waals surface area contributed by atoms with Crippen molar-refractivity contribution in [3.05, 3.63) is 0 Å². The van der Waals surface area contributed by atoms with Gasteiger partial charge in [0.15, 0.2) is 0 Å². The van der Waals surface area contributed by atoms with Gasteiger partial charge in [-0.15, -0.1) is 0 Å². The zero-order valence-corrected chi connectivity index (χ0v) is 12.2. The summed E-state index contributed by atoms with van der Waals surface area (Å²) in [4.78, 5) is 15.6. The van der Waals surface area contributed by atoms with Crippen molar-refractivity contribution in [1.29, 1.82) is 0 Å². The minimum absolute atomic E-state index is 0.171. The summed E-state index contributed by atoms with van der Waals surface area (Å²) in [6.07, 6.45) is 3.38. The van der Waals surface area contributed by atoms with Crippen LogP contribution in [0.15, 0.2) is 0 Å². The van der Waals surface area contributed by atoms with Gasteiger partial charge in [0.25, 0.3) is 0 Å². The third-order valence-electron chi connectivity index (χ3n) is 3.91. The number of carboxylic acid groups (broad SMARTS) is 1. The molecule has 1 aliphatic rings. The van der Waals surface area contributed by atoms with Crippen LogP contribution >= 0.6 is 0 Å². The van der Waals surface area contributed by atoms with E-state index in [2.05, 4.69) is 37.5 Å². The molecule has 1 fully saturated rings. The molecule has 18 heavy (non-hydrogen) atoms. The van der Waals surface area contributed by atoms with Crippen LogP contribution in [0.1, 0.15) is 47.0 Å². The summed E-state index contributed by atoms with van der Waals surface area (Å²) in [6, 6.07) is 1.32. The predicted octanol–water partition coefficient (Wildman–Crippen LogP) is 2.04. The van der Waals surface area contributed by atoms with Crippen molar-refractivity contribution < 1.29 is 9.90 Å². The molecule has 0 aromatic carbocycles. The fourth-order valence-electron chi connectivity index (χ4n) is 2.84. The van der Waals surface area contributed by atoms with Crippen LogP contribution in [0.2, 0.25) is 0 Å². The van der Waals surface area contributed by atoms with Crippen molar-refractivity contribution in [1.82, 2.24) is 9.80 Å². The van der Waals surface area contributed by atoms with E-state index in [1.54, 1.807) is 0 Å². The molecule has 0 aromatic heterocycles. The average molecular weight is 256 g/mol. The highest BCUT2D eigenvalue weighted by molar-refractivity contribution is 5.69. The van der Waals surface area contributed by atoms with Gasteiger partial charge in [-0.25, -0.2) is 0 Å². The standard InChI is InChI=1S/C14H28N2O2/c1-11(2)15-8-5-6-13(7-9-15)16(12(3)4)10-14(17)18/h11-13H,5-10H2,1-4H3,(H,17,18). The highest BCUT2D eigenvalue weighted by Crippen LogP contribution is 2.20. The van der Waals surface area contributed by atoms with Gasteiger partial charge in [-0.05, 0) is 60.0 Å². The molecule has 4 nitrogen and oxygen atoms in total. The average Bonchev–Trinajstić information content (AvgIpc) is 2.50. The van der Waals surface area contributed by atoms with Crippen LogP contribution in [0.4, 0.5) is 0 Å². The lowest BCUT2D eigenvalue weighted by molar-refractivity contribution is -0.139. The van der Waals surface area contributed by atoms with E-state index >= 15 is 0 Å². The van der Waals surface area contributed by atoms with Crippen molar-refractivity contribution in [3.8, 4) is 0 Å². The second-order valence-corrected chi connectivity index (χ2v) is 5.87. The third kappa shape index (κ3) is 4.58. The Labute approximate surface area is 111 Å². The first kappa shape index (κ1) is 15.4. The number of nitrogens with zero attached hydrogens (tertiary/aromatic N) is 2. The second-order valence-electron chi connectivity index (χ2n) is 5.87. The van der Waals surface area contributed by atoms with E-state index in [-0.39, 0.29) is 6.54 Å². The monoisotopic (exact) mass is 256 g/mol. The van der Waals surface area contributed by atoms with E-state index in [9.17, 15) is 4.79 Å². The van der Waals surface area contributed by atoms with Crippen LogP contribution in [-0.2, 0) is 4.79 Å². The van der Waals surface area contributed by atoms with Gasteiger partial charge in [0.05, 0.1) is 6.54 Å². The molecule has 0 amide bonds. The summed E-state index contributed by atoms with van der Waals surface area (Å²) in [5.74, 6) is -0.714. The summed E-state index contributed by atoms with van der Waals surface area (Å²) in [6.45, 7) is 11.1. The number of hydrogen-bond acceptors (Lipinski definition) is 3. The van der Waals surface area contributed by atoms with Crippen LogP contribution < -0.4 is 0 Å². The fourth-order valence-corrected chi connectivity index (χ4v) is 2.84. The van der Waals surface area contributed by atoms with Crippen molar-refractivity contribution in [2.45, 2.75) is 65.1 Å². The van der Waals surface area contributed by atoms with Crippen molar-refractivity contribution in [2.75, 3.05) is 19.6 Å². The number of aliphatic carboxylic acids is 1. The van der Waals surface area contributed by atoms with Crippen molar-refractivity contribution in [2.24, 2.45) is 0 Å². The van der Waals surface area contributed by atoms with Gasteiger partial charge in [-0.1, -0.05) is 0 Å². The molecule has 0 radical (unpaired) electrons. The zero-order chi connectivity index (χ0) is 13.7. The quantitative estimate of drug-likeness (QED) is 0.817. The first-order valence-corrected chi connectivity index (χ1v) is 7.13. The molecular weight excluding hydrogens is 228 g/mol. The lowest BCUT2D eigenvalue weighted by Crippen LogP contribution is -2.44. The van der Waals surface area contributed by atoms with Crippen LogP contribution in [-0.4, -0.2) is 58.6 Å². The van der Waals surface area contributed by atoms with Gasteiger partial charge in [0, 0.05) is 18.1 Å². The maximum atomic E-state index is 11.0. The Morgan fingerprint density at radius 1 is 1.28 bits per heavy atom. The van der Waals surface area contributed by atoms with Gasteiger partial charge in [-0.2, -0.15) is 0 Å². The van der Waals surface area contributed by atoms with E-state index < -0.39 is 5.97 Å². The van der Waals surface area contributed by atoms with Crippen LogP contribution in [0.3, 0.4) is 0 Å². The lowest BCUT2D eigenvalue weighted by Gasteiger charge is -2.33. The van der Waals surface area contributed by atoms with Gasteiger partial charge in [0.2, 0.25) is 0 Å². The third-order valence-corrected chi connectivity index (χ3v) is 3.91. The normalized spacial score (nSPS) is 22.7. The predicted molar refractivity (Wildman–Crippen MR) is 73.8 cm³/mol. The van der Waals surface area contributed by atoms with E-state index in [1.807, 2.05) is 0 Å². The Hall–Kier alpha value is -0.610. The minimum atomic E-state index is -0.714. The number of likely N-dealkylation sites (tertiary alicyclic amines) is 1. The summed E-state index contributed by atoms with van der Waals surface area (Å²) in [5.41, 5.74) is 0. The highest BCUT2D eigenvalue weighted by Gasteiger charge is 2.26. The van der Waals surface area contributed by atoms with Crippen LogP contribution in [0, 0.1) is 0 Å². The highest BCUT2D eigenvalue weighted by atomic mass is 16.4. The van der Waals surface area contributed by atoms with E-state index in [0.29, 0.717) is 18.1 Å². The molecule has 0 spiro atoms. The SMILES string of the molecule is CC(C)N1CCCC(N(CC(=O)O)C(C)C)CC1. The number of carboxylic acids is 1. The largest absolute Gasteiger partial charge is 0.480 e. The molecular formula is C14H28N2O2. The summed E-state index contributed by atoms with van der Waals surface area (Å²) >= 11 is 0. The van der Waals surface area contributed by atoms with Gasteiger partial charge in [-0.3, -0.25) is 9.69 Å². The second kappa shape index (κ2) is 7.10. The van der Waals surface area contributed by atoms with Crippen molar-refractivity contribution in [3.63, 3.8) is 0 Å². The molecule has 4 heteroatoms. The molecule has 0 saturated carbocycles. The number of rotatable bonds is 5. The summed E-state index contributed by atoms with van der Waals surface area (Å²) in [7, 11) is 0. The minimum Gasteiger partial charge on any atom is -0.480 e. The summed E-state index contributed by atoms with van der Waals surface area (Å²) in [5, 5.41) is 9.02. The Kier molecular flexibility index (Phi) is 6.09. The first-order valence-electron chi connectivity index (χ1n) is 7.13. The van der Waals surface area contributed by atoms with E-state index in [1.165, 1.54) is 6.42 Å². The van der Waals surface area contributed by atoms with Gasteiger partial charge < -0.3 is 10.0 Å². The smallest absolute Gasteiger partial charge is 0.317 e. The van der Waals surface area contributed by atoms with Crippen molar-refractivity contribution >= 4 is 5.97 Å². The van der Waals surface area contributed by atoms with Gasteiger partial charge in [0.1, 0.15) is 0 Å². The first-order chi connectivity index (χ1) is 8.41. The number of hydrogen-bond donors (Lipinski definition) is 1. The topological polar surface area (TPSA) is 43.8 Å². The Balaban J connectivity index is 2.61. The van der Waals surface area contributed by atoms with E-state index in [4.69, 9.17) is 5.11 Å². The molecule has 0 aliphatic carbocycles. The molecule has 1 unspecified atom stereocenters.